The van der Waals surface area contributed by atoms with E-state index in [2.05, 4.69) is 27.5 Å². The monoisotopic (exact) mass is 494 g/mol. The van der Waals surface area contributed by atoms with Crippen molar-refractivity contribution in [2.75, 3.05) is 7.11 Å². The number of aromatic nitrogens is 4. The fourth-order valence-electron chi connectivity index (χ4n) is 4.65. The third kappa shape index (κ3) is 4.18. The molecule has 1 aliphatic carbocycles. The van der Waals surface area contributed by atoms with E-state index in [1.165, 1.54) is 12.1 Å². The van der Waals surface area contributed by atoms with Crippen molar-refractivity contribution < 1.29 is 9.13 Å². The predicted molar refractivity (Wildman–Crippen MR) is 133 cm³/mol. The number of thioether (sulfide) groups is 1. The second-order valence-corrected chi connectivity index (χ2v) is 9.84. The van der Waals surface area contributed by atoms with Crippen molar-refractivity contribution >= 4 is 23.4 Å². The largest absolute Gasteiger partial charge is 0.495 e. The maximum atomic E-state index is 13.8. The minimum Gasteiger partial charge on any atom is -0.495 e. The summed E-state index contributed by atoms with van der Waals surface area (Å²) in [5.41, 5.74) is 3.84. The summed E-state index contributed by atoms with van der Waals surface area (Å²) in [5, 5.41) is 1.43. The third-order valence-electron chi connectivity index (χ3n) is 6.35. The van der Waals surface area contributed by atoms with Gasteiger partial charge in [0.25, 0.3) is 0 Å². The van der Waals surface area contributed by atoms with E-state index >= 15 is 0 Å². The molecule has 2 aromatic carbocycles. The van der Waals surface area contributed by atoms with Crippen LogP contribution in [0, 0.1) is 5.82 Å². The molecule has 1 unspecified atom stereocenters. The van der Waals surface area contributed by atoms with Crippen LogP contribution in [0.25, 0.3) is 5.69 Å². The quantitative estimate of drug-likeness (QED) is 0.290. The number of halogens is 2. The first-order valence-electron chi connectivity index (χ1n) is 11.1. The van der Waals surface area contributed by atoms with Gasteiger partial charge < -0.3 is 4.74 Å². The minimum atomic E-state index is -0.325. The maximum Gasteiger partial charge on any atom is 0.173 e. The number of nitrogens with zero attached hydrogens (tertiary/aromatic N) is 4. The molecule has 0 amide bonds. The number of aryl methyl sites for hydroxylation is 1. The molecule has 4 aromatic rings. The molecular weight excluding hydrogens is 471 g/mol. The number of rotatable bonds is 6. The number of methoxy groups -OCH3 is 1. The standard InChI is InChI=1S/C26H24ClFN4OS/c1-26(17-6-11-20(27)22(15-17)33-2)12-3-5-21-24(26)32(19-9-7-18(28)8-10-19)25(31-21)34-16-23-29-13-4-14-30-23/h4,6-11,13-15H,3,5,12,16H2,1-2H3. The Hall–Kier alpha value is -2.90. The number of hydrogen-bond donors (Lipinski definition) is 0. The van der Waals surface area contributed by atoms with E-state index in [-0.39, 0.29) is 11.2 Å². The molecule has 2 aromatic heterocycles. The van der Waals surface area contributed by atoms with Crippen LogP contribution < -0.4 is 4.74 Å². The van der Waals surface area contributed by atoms with E-state index in [4.69, 9.17) is 21.3 Å². The van der Waals surface area contributed by atoms with Crippen molar-refractivity contribution in [3.8, 4) is 11.4 Å². The maximum absolute atomic E-state index is 13.8. The Labute approximate surface area is 207 Å². The molecule has 8 heteroatoms. The number of ether oxygens (including phenoxy) is 1. The Kier molecular flexibility index (Phi) is 6.32. The summed E-state index contributed by atoms with van der Waals surface area (Å²) in [5.74, 6) is 1.71. The highest BCUT2D eigenvalue weighted by atomic mass is 35.5. The van der Waals surface area contributed by atoms with Gasteiger partial charge >= 0.3 is 0 Å². The second-order valence-electron chi connectivity index (χ2n) is 8.49. The van der Waals surface area contributed by atoms with Gasteiger partial charge in [-0.1, -0.05) is 29.4 Å². The molecule has 34 heavy (non-hydrogen) atoms. The van der Waals surface area contributed by atoms with Gasteiger partial charge in [-0.25, -0.2) is 19.3 Å². The molecule has 0 saturated heterocycles. The summed E-state index contributed by atoms with van der Waals surface area (Å²) < 4.78 is 21.5. The van der Waals surface area contributed by atoms with Crippen LogP contribution in [0.1, 0.15) is 42.5 Å². The van der Waals surface area contributed by atoms with Crippen molar-refractivity contribution in [3.63, 3.8) is 0 Å². The Balaban J connectivity index is 1.66. The summed E-state index contributed by atoms with van der Waals surface area (Å²) >= 11 is 7.92. The van der Waals surface area contributed by atoms with Gasteiger partial charge in [-0.05, 0) is 74.2 Å². The van der Waals surface area contributed by atoms with E-state index in [0.717, 1.165) is 52.9 Å². The lowest BCUT2D eigenvalue weighted by Gasteiger charge is -2.36. The Bertz CT molecular complexity index is 1310. The van der Waals surface area contributed by atoms with Crippen molar-refractivity contribution in [1.29, 1.82) is 0 Å². The molecule has 2 heterocycles. The Morgan fingerprint density at radius 2 is 1.91 bits per heavy atom. The van der Waals surface area contributed by atoms with Crippen molar-refractivity contribution in [2.45, 2.75) is 42.5 Å². The van der Waals surface area contributed by atoms with Crippen molar-refractivity contribution in [3.05, 3.63) is 94.5 Å². The molecule has 5 rings (SSSR count). The van der Waals surface area contributed by atoms with Gasteiger partial charge in [-0.2, -0.15) is 0 Å². The van der Waals surface area contributed by atoms with Gasteiger partial charge in [0, 0.05) is 23.5 Å². The molecule has 0 N–H and O–H groups in total. The SMILES string of the molecule is COc1cc(C2(C)CCCc3nc(SCc4ncccn4)n(-c4ccc(F)cc4)c32)ccc1Cl. The van der Waals surface area contributed by atoms with Crippen LogP contribution >= 0.6 is 23.4 Å². The predicted octanol–water partition coefficient (Wildman–Crippen LogP) is 6.40. The van der Waals surface area contributed by atoms with Gasteiger partial charge in [0.1, 0.15) is 17.4 Å². The van der Waals surface area contributed by atoms with E-state index in [0.29, 0.717) is 16.5 Å². The summed E-state index contributed by atoms with van der Waals surface area (Å²) in [4.78, 5) is 13.8. The van der Waals surface area contributed by atoms with Crippen molar-refractivity contribution in [2.24, 2.45) is 0 Å². The summed E-state index contributed by atoms with van der Waals surface area (Å²) in [6.45, 7) is 2.24. The minimum absolute atomic E-state index is 0.269. The average molecular weight is 495 g/mol. The summed E-state index contributed by atoms with van der Waals surface area (Å²) in [6, 6.07) is 14.4. The van der Waals surface area contributed by atoms with E-state index < -0.39 is 0 Å². The highest BCUT2D eigenvalue weighted by molar-refractivity contribution is 7.98. The zero-order valence-corrected chi connectivity index (χ0v) is 20.5. The van der Waals surface area contributed by atoms with E-state index in [1.54, 1.807) is 49.5 Å². The molecule has 0 radical (unpaired) electrons. The fourth-order valence-corrected chi connectivity index (χ4v) is 5.76. The van der Waals surface area contributed by atoms with E-state index in [9.17, 15) is 4.39 Å². The van der Waals surface area contributed by atoms with Crippen LogP contribution in [0.5, 0.6) is 5.75 Å². The second kappa shape index (κ2) is 9.39. The Morgan fingerprint density at radius 3 is 2.65 bits per heavy atom. The zero-order valence-electron chi connectivity index (χ0n) is 19.0. The number of benzene rings is 2. The smallest absolute Gasteiger partial charge is 0.173 e. The van der Waals surface area contributed by atoms with Gasteiger partial charge in [0.2, 0.25) is 0 Å². The van der Waals surface area contributed by atoms with Crippen LogP contribution in [0.2, 0.25) is 5.02 Å². The first-order valence-corrected chi connectivity index (χ1v) is 12.5. The summed E-state index contributed by atoms with van der Waals surface area (Å²) in [7, 11) is 1.63. The normalized spacial score (nSPS) is 17.4. The molecule has 1 atom stereocenters. The lowest BCUT2D eigenvalue weighted by molar-refractivity contribution is 0.407. The molecule has 0 bridgehead atoms. The highest BCUT2D eigenvalue weighted by Gasteiger charge is 2.40. The molecular formula is C26H24ClFN4OS. The molecule has 5 nitrogen and oxygen atoms in total. The van der Waals surface area contributed by atoms with E-state index in [1.807, 2.05) is 12.1 Å². The average Bonchev–Trinajstić information content (AvgIpc) is 3.24. The van der Waals surface area contributed by atoms with Crippen LogP contribution in [0.3, 0.4) is 0 Å². The van der Waals surface area contributed by atoms with Crippen molar-refractivity contribution in [1.82, 2.24) is 19.5 Å². The number of imidazole rings is 1. The summed E-state index contributed by atoms with van der Waals surface area (Å²) in [6.07, 6.45) is 6.33. The number of fused-ring (bicyclic) bond motifs is 1. The molecule has 0 saturated carbocycles. The van der Waals surface area contributed by atoms with Crippen LogP contribution in [0.4, 0.5) is 4.39 Å². The van der Waals surface area contributed by atoms with Gasteiger partial charge in [-0.3, -0.25) is 4.57 Å². The Morgan fingerprint density at radius 1 is 1.15 bits per heavy atom. The van der Waals surface area contributed by atoms with Crippen LogP contribution in [-0.2, 0) is 17.6 Å². The van der Waals surface area contributed by atoms with Gasteiger partial charge in [-0.15, -0.1) is 0 Å². The zero-order chi connectivity index (χ0) is 23.7. The molecule has 174 valence electrons. The molecule has 1 aliphatic rings. The third-order valence-corrected chi connectivity index (χ3v) is 7.60. The lowest BCUT2D eigenvalue weighted by atomic mass is 9.71. The lowest BCUT2D eigenvalue weighted by Crippen LogP contribution is -2.31. The first-order chi connectivity index (χ1) is 16.5. The van der Waals surface area contributed by atoms with Crippen LogP contribution in [0.15, 0.2) is 66.1 Å². The molecule has 0 fully saturated rings. The van der Waals surface area contributed by atoms with Crippen LogP contribution in [-0.4, -0.2) is 26.6 Å². The highest BCUT2D eigenvalue weighted by Crippen LogP contribution is 2.46. The topological polar surface area (TPSA) is 52.8 Å². The molecule has 0 aliphatic heterocycles. The van der Waals surface area contributed by atoms with Gasteiger partial charge in [0.15, 0.2) is 5.16 Å². The number of hydrogen-bond acceptors (Lipinski definition) is 5. The first kappa shape index (κ1) is 22.9. The fraction of sp³-hybridized carbons (Fsp3) is 0.269. The van der Waals surface area contributed by atoms with Gasteiger partial charge in [0.05, 0.1) is 29.3 Å². The molecule has 0 spiro atoms.